The first-order chi connectivity index (χ1) is 11.4. The molecule has 3 N–H and O–H groups in total. The van der Waals surface area contributed by atoms with Gasteiger partial charge in [-0.15, -0.1) is 0 Å². The molecule has 0 heterocycles. The Labute approximate surface area is 144 Å². The number of carbonyl (C=O) groups excluding carboxylic acids is 2. The maximum absolute atomic E-state index is 11.9. The van der Waals surface area contributed by atoms with E-state index in [0.717, 1.165) is 0 Å². The third-order valence-corrected chi connectivity index (χ3v) is 3.60. The van der Waals surface area contributed by atoms with E-state index >= 15 is 0 Å². The highest BCUT2D eigenvalue weighted by atomic mass is 79.9. The van der Waals surface area contributed by atoms with Gasteiger partial charge in [0.05, 0.1) is 10.5 Å². The molecular weight excluding hydrogens is 382 g/mol. The van der Waals surface area contributed by atoms with Crippen LogP contribution in [0.2, 0.25) is 0 Å². The van der Waals surface area contributed by atoms with Gasteiger partial charge in [-0.1, -0.05) is 0 Å². The number of esters is 1. The smallest absolute Gasteiger partial charge is 0.339 e. The Kier molecular flexibility index (Phi) is 5.48. The van der Waals surface area contributed by atoms with Gasteiger partial charge >= 0.3 is 5.97 Å². The summed E-state index contributed by atoms with van der Waals surface area (Å²) < 4.78 is 5.41. The standard InChI is InChI=1S/C15H12BrN3O5/c16-13-6-1-9(17)7-12(13)15(21)24-8-14(20)18-10-2-4-11(5-3-10)19(22)23/h1-7H,8,17H2,(H,18,20). The van der Waals surface area contributed by atoms with Crippen molar-refractivity contribution in [3.05, 3.63) is 62.6 Å². The van der Waals surface area contributed by atoms with Gasteiger partial charge in [-0.3, -0.25) is 14.9 Å². The predicted octanol–water partition coefficient (Wildman–Crippen LogP) is 2.74. The minimum Gasteiger partial charge on any atom is -0.452 e. The van der Waals surface area contributed by atoms with Crippen LogP contribution in [0.5, 0.6) is 0 Å². The number of nitro groups is 1. The van der Waals surface area contributed by atoms with Crippen molar-refractivity contribution in [3.8, 4) is 0 Å². The van der Waals surface area contributed by atoms with Gasteiger partial charge in [0.1, 0.15) is 0 Å². The molecule has 0 bridgehead atoms. The number of halogens is 1. The molecule has 0 atom stereocenters. The summed E-state index contributed by atoms with van der Waals surface area (Å²) in [5, 5.41) is 13.0. The summed E-state index contributed by atoms with van der Waals surface area (Å²) in [7, 11) is 0. The van der Waals surface area contributed by atoms with E-state index in [1.165, 1.54) is 30.3 Å². The van der Waals surface area contributed by atoms with Gasteiger partial charge in [-0.2, -0.15) is 0 Å². The van der Waals surface area contributed by atoms with Crippen LogP contribution in [0.3, 0.4) is 0 Å². The Morgan fingerprint density at radius 3 is 2.50 bits per heavy atom. The number of nitro benzene ring substituents is 1. The molecule has 8 nitrogen and oxygen atoms in total. The summed E-state index contributed by atoms with van der Waals surface area (Å²) in [6.45, 7) is -0.503. The molecule has 0 saturated carbocycles. The van der Waals surface area contributed by atoms with Gasteiger partial charge in [-0.25, -0.2) is 4.79 Å². The maximum Gasteiger partial charge on any atom is 0.339 e. The van der Waals surface area contributed by atoms with Crippen molar-refractivity contribution in [2.24, 2.45) is 0 Å². The number of anilines is 2. The molecule has 0 unspecified atom stereocenters. The molecule has 2 aromatic carbocycles. The van der Waals surface area contributed by atoms with Gasteiger partial charge in [0.2, 0.25) is 0 Å². The van der Waals surface area contributed by atoms with Gasteiger partial charge in [0.25, 0.3) is 11.6 Å². The minimum atomic E-state index is -0.701. The normalized spacial score (nSPS) is 10.0. The highest BCUT2D eigenvalue weighted by Crippen LogP contribution is 2.20. The lowest BCUT2D eigenvalue weighted by molar-refractivity contribution is -0.384. The number of hydrogen-bond acceptors (Lipinski definition) is 6. The zero-order valence-electron chi connectivity index (χ0n) is 12.2. The molecule has 0 saturated heterocycles. The number of carbonyl (C=O) groups is 2. The first-order valence-electron chi connectivity index (χ1n) is 6.63. The van der Waals surface area contributed by atoms with Crippen LogP contribution < -0.4 is 11.1 Å². The molecule has 0 aromatic heterocycles. The van der Waals surface area contributed by atoms with Crippen LogP contribution in [0.15, 0.2) is 46.9 Å². The predicted molar refractivity (Wildman–Crippen MR) is 90.6 cm³/mol. The third kappa shape index (κ3) is 4.53. The van der Waals surface area contributed by atoms with Crippen LogP contribution in [-0.2, 0) is 9.53 Å². The number of nitrogens with one attached hydrogen (secondary N) is 1. The summed E-state index contributed by atoms with van der Waals surface area (Å²) in [5.74, 6) is -1.27. The number of nitrogen functional groups attached to an aromatic ring is 1. The van der Waals surface area contributed by atoms with E-state index in [4.69, 9.17) is 10.5 Å². The molecule has 2 rings (SSSR count). The lowest BCUT2D eigenvalue weighted by Gasteiger charge is -2.08. The van der Waals surface area contributed by atoms with Crippen LogP contribution in [0.1, 0.15) is 10.4 Å². The number of benzene rings is 2. The summed E-state index contributed by atoms with van der Waals surface area (Å²) in [6, 6.07) is 9.92. The first kappa shape index (κ1) is 17.4. The molecular formula is C15H12BrN3O5. The average molecular weight is 394 g/mol. The molecule has 0 aliphatic heterocycles. The number of nitrogens with zero attached hydrogens (tertiary/aromatic N) is 1. The first-order valence-corrected chi connectivity index (χ1v) is 7.42. The van der Waals surface area contributed by atoms with Crippen molar-refractivity contribution < 1.29 is 19.2 Å². The van der Waals surface area contributed by atoms with Gasteiger partial charge in [0.15, 0.2) is 6.61 Å². The fourth-order valence-electron chi connectivity index (χ4n) is 1.77. The highest BCUT2D eigenvalue weighted by molar-refractivity contribution is 9.10. The van der Waals surface area contributed by atoms with E-state index < -0.39 is 23.4 Å². The second-order valence-corrected chi connectivity index (χ2v) is 5.52. The van der Waals surface area contributed by atoms with Crippen molar-refractivity contribution in [3.63, 3.8) is 0 Å². The largest absolute Gasteiger partial charge is 0.452 e. The zero-order chi connectivity index (χ0) is 17.7. The fraction of sp³-hybridized carbons (Fsp3) is 0.0667. The molecule has 0 aliphatic carbocycles. The second-order valence-electron chi connectivity index (χ2n) is 4.67. The molecule has 0 spiro atoms. The monoisotopic (exact) mass is 393 g/mol. The van der Waals surface area contributed by atoms with Crippen LogP contribution in [0.25, 0.3) is 0 Å². The highest BCUT2D eigenvalue weighted by Gasteiger charge is 2.14. The number of amides is 1. The number of nitrogens with two attached hydrogens (primary N) is 1. The van der Waals surface area contributed by atoms with Gasteiger partial charge < -0.3 is 15.8 Å². The second kappa shape index (κ2) is 7.55. The summed E-state index contributed by atoms with van der Waals surface area (Å²) in [6.07, 6.45) is 0. The van der Waals surface area contributed by atoms with E-state index in [2.05, 4.69) is 21.2 Å². The zero-order valence-corrected chi connectivity index (χ0v) is 13.8. The minimum absolute atomic E-state index is 0.0917. The van der Waals surface area contributed by atoms with E-state index in [1.807, 2.05) is 0 Å². The average Bonchev–Trinajstić information content (AvgIpc) is 2.55. The number of ether oxygens (including phenoxy) is 1. The van der Waals surface area contributed by atoms with Crippen molar-refractivity contribution in [2.75, 3.05) is 17.7 Å². The Bertz CT molecular complexity index is 792. The lowest BCUT2D eigenvalue weighted by Crippen LogP contribution is -2.21. The summed E-state index contributed by atoms with van der Waals surface area (Å²) in [5.41, 5.74) is 6.46. The number of hydrogen-bond donors (Lipinski definition) is 2. The maximum atomic E-state index is 11.9. The van der Waals surface area contributed by atoms with Crippen LogP contribution in [0, 0.1) is 10.1 Å². The molecule has 1 amide bonds. The van der Waals surface area contributed by atoms with Gasteiger partial charge in [0, 0.05) is 28.0 Å². The third-order valence-electron chi connectivity index (χ3n) is 2.91. The van der Waals surface area contributed by atoms with E-state index in [9.17, 15) is 19.7 Å². The van der Waals surface area contributed by atoms with Crippen LogP contribution in [0.4, 0.5) is 17.1 Å². The molecule has 0 radical (unpaired) electrons. The molecule has 0 aliphatic rings. The Balaban J connectivity index is 1.92. The lowest BCUT2D eigenvalue weighted by atomic mass is 10.2. The summed E-state index contributed by atoms with van der Waals surface area (Å²) in [4.78, 5) is 33.7. The SMILES string of the molecule is Nc1ccc(Br)c(C(=O)OCC(=O)Nc2ccc([N+](=O)[O-])cc2)c1. The van der Waals surface area contributed by atoms with Crippen molar-refractivity contribution >= 4 is 44.9 Å². The van der Waals surface area contributed by atoms with Crippen molar-refractivity contribution in [1.29, 1.82) is 0 Å². The summed E-state index contributed by atoms with van der Waals surface area (Å²) >= 11 is 3.20. The molecule has 124 valence electrons. The Morgan fingerprint density at radius 1 is 1.21 bits per heavy atom. The Morgan fingerprint density at radius 2 is 1.88 bits per heavy atom. The molecule has 2 aromatic rings. The van der Waals surface area contributed by atoms with Gasteiger partial charge in [-0.05, 0) is 46.3 Å². The fourth-order valence-corrected chi connectivity index (χ4v) is 2.18. The van der Waals surface area contributed by atoms with E-state index in [1.54, 1.807) is 12.1 Å². The molecule has 0 fully saturated rings. The van der Waals surface area contributed by atoms with Crippen molar-refractivity contribution in [2.45, 2.75) is 0 Å². The van der Waals surface area contributed by atoms with Crippen molar-refractivity contribution in [1.82, 2.24) is 0 Å². The topological polar surface area (TPSA) is 125 Å². The van der Waals surface area contributed by atoms with Crippen LogP contribution >= 0.6 is 15.9 Å². The van der Waals surface area contributed by atoms with E-state index in [-0.39, 0.29) is 11.3 Å². The quantitative estimate of drug-likeness (QED) is 0.348. The molecule has 9 heteroatoms. The van der Waals surface area contributed by atoms with E-state index in [0.29, 0.717) is 15.8 Å². The number of non-ortho nitro benzene ring substituents is 1. The number of rotatable bonds is 5. The molecule has 24 heavy (non-hydrogen) atoms. The Hall–Kier alpha value is -2.94. The van der Waals surface area contributed by atoms with Crippen LogP contribution in [-0.4, -0.2) is 23.4 Å².